The molecule has 7 heteroatoms. The molecule has 1 N–H and O–H groups in total. The van der Waals surface area contributed by atoms with Crippen LogP contribution in [-0.2, 0) is 6.42 Å². The summed E-state index contributed by atoms with van der Waals surface area (Å²) in [6.07, 6.45) is 7.26. The second kappa shape index (κ2) is 9.31. The third-order valence-corrected chi connectivity index (χ3v) is 6.39. The van der Waals surface area contributed by atoms with Crippen LogP contribution in [0.25, 0.3) is 21.4 Å². The number of fused-ring (bicyclic) bond motifs is 1. The SMILES string of the molecule is [C-]#[N+]c1ccc2[nH]cc(CCCN3CCN(c4ccc(-n5cnccc5=O)cc4)CC3)c2c1. The van der Waals surface area contributed by atoms with Crippen molar-refractivity contribution in [1.82, 2.24) is 19.4 Å². The van der Waals surface area contributed by atoms with E-state index in [9.17, 15) is 4.79 Å². The highest BCUT2D eigenvalue weighted by Crippen LogP contribution is 2.25. The lowest BCUT2D eigenvalue weighted by atomic mass is 10.1. The first-order valence-corrected chi connectivity index (χ1v) is 11.3. The van der Waals surface area contributed by atoms with Gasteiger partial charge in [-0.05, 0) is 66.7 Å². The molecular formula is C26H26N6O. The number of nitrogens with one attached hydrogen (secondary N) is 1. The summed E-state index contributed by atoms with van der Waals surface area (Å²) in [5.41, 5.74) is 5.03. The fourth-order valence-corrected chi connectivity index (χ4v) is 4.53. The van der Waals surface area contributed by atoms with Gasteiger partial charge in [0, 0.05) is 55.8 Å². The van der Waals surface area contributed by atoms with E-state index >= 15 is 0 Å². The highest BCUT2D eigenvalue weighted by Gasteiger charge is 2.17. The van der Waals surface area contributed by atoms with Gasteiger partial charge in [0.2, 0.25) is 0 Å². The van der Waals surface area contributed by atoms with Crippen molar-refractivity contribution in [3.8, 4) is 5.69 Å². The van der Waals surface area contributed by atoms with Crippen LogP contribution >= 0.6 is 0 Å². The number of aromatic nitrogens is 3. The number of rotatable bonds is 6. The van der Waals surface area contributed by atoms with Gasteiger partial charge in [-0.2, -0.15) is 0 Å². The molecule has 3 heterocycles. The molecule has 2 aromatic carbocycles. The van der Waals surface area contributed by atoms with Gasteiger partial charge in [-0.15, -0.1) is 0 Å². The Hall–Kier alpha value is -3.89. The Bertz CT molecular complexity index is 1340. The van der Waals surface area contributed by atoms with Gasteiger partial charge in [-0.1, -0.05) is 6.07 Å². The molecule has 0 saturated carbocycles. The number of hydrogen-bond donors (Lipinski definition) is 1. The van der Waals surface area contributed by atoms with Crippen molar-refractivity contribution in [1.29, 1.82) is 0 Å². The largest absolute Gasteiger partial charge is 0.369 e. The maximum Gasteiger partial charge on any atom is 0.257 e. The molecule has 0 amide bonds. The smallest absolute Gasteiger partial charge is 0.257 e. The fourth-order valence-electron chi connectivity index (χ4n) is 4.53. The van der Waals surface area contributed by atoms with E-state index < -0.39 is 0 Å². The van der Waals surface area contributed by atoms with Crippen molar-refractivity contribution >= 4 is 22.3 Å². The highest BCUT2D eigenvalue weighted by molar-refractivity contribution is 5.86. The van der Waals surface area contributed by atoms with Crippen molar-refractivity contribution in [2.45, 2.75) is 12.8 Å². The Morgan fingerprint density at radius 1 is 1.00 bits per heavy atom. The minimum Gasteiger partial charge on any atom is -0.369 e. The van der Waals surface area contributed by atoms with E-state index in [1.165, 1.54) is 28.9 Å². The molecule has 1 fully saturated rings. The zero-order valence-electron chi connectivity index (χ0n) is 18.4. The summed E-state index contributed by atoms with van der Waals surface area (Å²) in [4.78, 5) is 27.8. The first kappa shape index (κ1) is 21.0. The normalized spacial score (nSPS) is 14.5. The summed E-state index contributed by atoms with van der Waals surface area (Å²) in [6, 6.07) is 15.4. The lowest BCUT2D eigenvalue weighted by Crippen LogP contribution is -2.46. The second-order valence-corrected chi connectivity index (χ2v) is 8.39. The molecule has 0 bridgehead atoms. The molecule has 1 aliphatic heterocycles. The molecule has 0 spiro atoms. The number of aromatic amines is 1. The summed E-state index contributed by atoms with van der Waals surface area (Å²) in [5, 5.41) is 1.17. The van der Waals surface area contributed by atoms with Crippen LogP contribution in [0.1, 0.15) is 12.0 Å². The number of piperazine rings is 1. The van der Waals surface area contributed by atoms with Crippen molar-refractivity contribution < 1.29 is 0 Å². The second-order valence-electron chi connectivity index (χ2n) is 8.39. The molecule has 0 atom stereocenters. The number of benzene rings is 2. The van der Waals surface area contributed by atoms with Gasteiger partial charge in [-0.25, -0.2) is 9.83 Å². The molecule has 2 aromatic heterocycles. The first-order chi connectivity index (χ1) is 16.2. The monoisotopic (exact) mass is 438 g/mol. The maximum atomic E-state index is 12.0. The number of H-pyrrole nitrogens is 1. The summed E-state index contributed by atoms with van der Waals surface area (Å²) >= 11 is 0. The minimum atomic E-state index is -0.0779. The van der Waals surface area contributed by atoms with E-state index in [4.69, 9.17) is 6.57 Å². The predicted octanol–water partition coefficient (Wildman–Crippen LogP) is 4.02. The Labute approximate surface area is 192 Å². The average molecular weight is 439 g/mol. The Balaban J connectivity index is 1.13. The summed E-state index contributed by atoms with van der Waals surface area (Å²) in [6.45, 7) is 12.4. The van der Waals surface area contributed by atoms with Crippen molar-refractivity contribution in [3.63, 3.8) is 0 Å². The summed E-state index contributed by atoms with van der Waals surface area (Å²) in [5.74, 6) is 0. The van der Waals surface area contributed by atoms with Gasteiger partial charge in [0.1, 0.15) is 6.33 Å². The molecule has 0 aliphatic carbocycles. The molecule has 0 unspecified atom stereocenters. The topological polar surface area (TPSA) is 61.5 Å². The number of hydrogen-bond acceptors (Lipinski definition) is 4. The third kappa shape index (κ3) is 4.52. The van der Waals surface area contributed by atoms with Crippen molar-refractivity contribution in [3.05, 3.63) is 94.6 Å². The highest BCUT2D eigenvalue weighted by atomic mass is 16.1. The van der Waals surface area contributed by atoms with E-state index in [2.05, 4.69) is 42.9 Å². The molecule has 166 valence electrons. The van der Waals surface area contributed by atoms with Crippen LogP contribution in [0.5, 0.6) is 0 Å². The molecule has 7 nitrogen and oxygen atoms in total. The first-order valence-electron chi connectivity index (χ1n) is 11.3. The standard InChI is InChI=1S/C26H26N6O/c1-27-21-4-9-25-24(17-21)20(18-29-25)3-2-12-30-13-15-31(16-14-30)22-5-7-23(8-6-22)32-19-28-11-10-26(32)33/h4-11,17-19,29H,2-3,12-16H2. The van der Waals surface area contributed by atoms with Crippen LogP contribution in [0.3, 0.4) is 0 Å². The predicted molar refractivity (Wildman–Crippen MR) is 131 cm³/mol. The van der Waals surface area contributed by atoms with Crippen molar-refractivity contribution in [2.24, 2.45) is 0 Å². The van der Waals surface area contributed by atoms with Gasteiger partial charge in [0.05, 0.1) is 12.3 Å². The van der Waals surface area contributed by atoms with Crippen LogP contribution in [0.2, 0.25) is 0 Å². The number of aryl methyl sites for hydroxylation is 1. The number of nitrogens with zero attached hydrogens (tertiary/aromatic N) is 5. The fraction of sp³-hybridized carbons (Fsp3) is 0.269. The quantitative estimate of drug-likeness (QED) is 0.462. The van der Waals surface area contributed by atoms with Crippen LogP contribution in [0, 0.1) is 6.57 Å². The lowest BCUT2D eigenvalue weighted by molar-refractivity contribution is 0.255. The van der Waals surface area contributed by atoms with Crippen LogP contribution in [-0.4, -0.2) is 52.2 Å². The van der Waals surface area contributed by atoms with E-state index in [-0.39, 0.29) is 5.56 Å². The number of anilines is 1. The van der Waals surface area contributed by atoms with E-state index in [1.807, 2.05) is 30.3 Å². The zero-order valence-corrected chi connectivity index (χ0v) is 18.4. The summed E-state index contributed by atoms with van der Waals surface area (Å²) in [7, 11) is 0. The summed E-state index contributed by atoms with van der Waals surface area (Å²) < 4.78 is 1.55. The van der Waals surface area contributed by atoms with Crippen LogP contribution in [0.15, 0.2) is 72.0 Å². The zero-order chi connectivity index (χ0) is 22.6. The Morgan fingerprint density at radius 3 is 2.55 bits per heavy atom. The van der Waals surface area contributed by atoms with E-state index in [0.717, 1.165) is 56.8 Å². The van der Waals surface area contributed by atoms with Gasteiger partial charge < -0.3 is 9.88 Å². The van der Waals surface area contributed by atoms with Gasteiger partial charge in [0.25, 0.3) is 5.56 Å². The van der Waals surface area contributed by atoms with Gasteiger partial charge >= 0.3 is 0 Å². The molecule has 4 aromatic rings. The van der Waals surface area contributed by atoms with Crippen LogP contribution < -0.4 is 10.5 Å². The van der Waals surface area contributed by atoms with E-state index in [1.54, 1.807) is 10.9 Å². The molecule has 1 aliphatic rings. The van der Waals surface area contributed by atoms with Crippen molar-refractivity contribution in [2.75, 3.05) is 37.6 Å². The van der Waals surface area contributed by atoms with Gasteiger partial charge in [0.15, 0.2) is 5.69 Å². The third-order valence-electron chi connectivity index (χ3n) is 6.39. The molecule has 5 rings (SSSR count). The van der Waals surface area contributed by atoms with Crippen LogP contribution in [0.4, 0.5) is 11.4 Å². The molecule has 0 radical (unpaired) electrons. The molecular weight excluding hydrogens is 412 g/mol. The lowest BCUT2D eigenvalue weighted by Gasteiger charge is -2.36. The minimum absolute atomic E-state index is 0.0779. The maximum absolute atomic E-state index is 12.0. The Kier molecular flexibility index (Phi) is 5.92. The molecule has 33 heavy (non-hydrogen) atoms. The Morgan fingerprint density at radius 2 is 1.79 bits per heavy atom. The molecule has 1 saturated heterocycles. The average Bonchev–Trinajstić information content (AvgIpc) is 3.27. The van der Waals surface area contributed by atoms with E-state index in [0.29, 0.717) is 5.69 Å². The van der Waals surface area contributed by atoms with Gasteiger partial charge in [-0.3, -0.25) is 14.3 Å².